The summed E-state index contributed by atoms with van der Waals surface area (Å²) in [6, 6.07) is 0.547. The lowest BCUT2D eigenvalue weighted by Crippen LogP contribution is -2.50. The van der Waals surface area contributed by atoms with Crippen molar-refractivity contribution in [2.75, 3.05) is 26.2 Å². The van der Waals surface area contributed by atoms with E-state index in [0.717, 1.165) is 30.5 Å². The highest BCUT2D eigenvalue weighted by atomic mass is 16.2. The Labute approximate surface area is 163 Å². The van der Waals surface area contributed by atoms with Gasteiger partial charge in [-0.15, -0.1) is 0 Å². The molecular weight excluding hydrogens is 360 g/mol. The molecule has 1 amide bonds. The standard InChI is InChI=1S/C19H28N6O3/c1-21-13-20-17-16(21)18(27)25(19(28)22(17)2)12-15(26)24-10-6-14(7-11-24)23-8-4-3-5-9-23/h13-14H,3-12H2,1-2H3. The third-order valence-corrected chi connectivity index (χ3v) is 6.22. The van der Waals surface area contributed by atoms with Crippen LogP contribution in [0.3, 0.4) is 0 Å². The van der Waals surface area contributed by atoms with Crippen molar-refractivity contribution in [3.63, 3.8) is 0 Å². The Morgan fingerprint density at radius 2 is 1.75 bits per heavy atom. The topological polar surface area (TPSA) is 85.4 Å². The van der Waals surface area contributed by atoms with E-state index in [1.54, 1.807) is 23.6 Å². The van der Waals surface area contributed by atoms with Crippen molar-refractivity contribution < 1.29 is 4.79 Å². The highest BCUT2D eigenvalue weighted by Crippen LogP contribution is 2.21. The van der Waals surface area contributed by atoms with Gasteiger partial charge >= 0.3 is 5.69 Å². The summed E-state index contributed by atoms with van der Waals surface area (Å²) >= 11 is 0. The quantitative estimate of drug-likeness (QED) is 0.734. The van der Waals surface area contributed by atoms with Crippen LogP contribution in [-0.4, -0.2) is 66.6 Å². The summed E-state index contributed by atoms with van der Waals surface area (Å²) in [4.78, 5) is 46.6. The lowest BCUT2D eigenvalue weighted by atomic mass is 10.00. The molecule has 2 aliphatic heterocycles. The zero-order valence-corrected chi connectivity index (χ0v) is 16.6. The number of nitrogens with zero attached hydrogens (tertiary/aromatic N) is 6. The Kier molecular flexibility index (Phi) is 5.09. The maximum absolute atomic E-state index is 12.8. The van der Waals surface area contributed by atoms with E-state index < -0.39 is 11.2 Å². The van der Waals surface area contributed by atoms with Gasteiger partial charge in [-0.25, -0.2) is 14.3 Å². The lowest BCUT2D eigenvalue weighted by Gasteiger charge is -2.40. The molecule has 0 aromatic carbocycles. The van der Waals surface area contributed by atoms with Gasteiger partial charge in [0.15, 0.2) is 11.2 Å². The van der Waals surface area contributed by atoms with Gasteiger partial charge in [0.05, 0.1) is 6.33 Å². The highest BCUT2D eigenvalue weighted by Gasteiger charge is 2.28. The van der Waals surface area contributed by atoms with Crippen molar-refractivity contribution in [1.82, 2.24) is 28.5 Å². The van der Waals surface area contributed by atoms with Crippen molar-refractivity contribution in [2.45, 2.75) is 44.7 Å². The van der Waals surface area contributed by atoms with E-state index in [2.05, 4.69) is 9.88 Å². The lowest BCUT2D eigenvalue weighted by molar-refractivity contribution is -0.133. The molecule has 0 spiro atoms. The number of aromatic nitrogens is 4. The second kappa shape index (κ2) is 7.54. The summed E-state index contributed by atoms with van der Waals surface area (Å²) in [6.07, 6.45) is 7.27. The van der Waals surface area contributed by atoms with Gasteiger partial charge in [-0.1, -0.05) is 6.42 Å². The Bertz CT molecular complexity index is 989. The second-order valence-electron chi connectivity index (χ2n) is 7.97. The van der Waals surface area contributed by atoms with Gasteiger partial charge in [-0.05, 0) is 38.8 Å². The van der Waals surface area contributed by atoms with Crippen LogP contribution >= 0.6 is 0 Å². The van der Waals surface area contributed by atoms with Gasteiger partial charge in [0.1, 0.15) is 6.54 Å². The maximum Gasteiger partial charge on any atom is 0.332 e. The van der Waals surface area contributed by atoms with Crippen LogP contribution in [0.1, 0.15) is 32.1 Å². The van der Waals surface area contributed by atoms with Gasteiger partial charge in [0, 0.05) is 33.2 Å². The van der Waals surface area contributed by atoms with Crippen molar-refractivity contribution in [3.05, 3.63) is 27.2 Å². The summed E-state index contributed by atoms with van der Waals surface area (Å²) < 4.78 is 3.94. The zero-order chi connectivity index (χ0) is 19.8. The molecule has 152 valence electrons. The fraction of sp³-hybridized carbons (Fsp3) is 0.684. The predicted molar refractivity (Wildman–Crippen MR) is 105 cm³/mol. The normalized spacial score (nSPS) is 19.4. The Hall–Kier alpha value is -2.42. The number of hydrogen-bond donors (Lipinski definition) is 0. The molecule has 9 heteroatoms. The molecule has 9 nitrogen and oxygen atoms in total. The van der Waals surface area contributed by atoms with E-state index in [0.29, 0.717) is 30.3 Å². The van der Waals surface area contributed by atoms with Crippen molar-refractivity contribution in [3.8, 4) is 0 Å². The van der Waals surface area contributed by atoms with Gasteiger partial charge in [-0.3, -0.25) is 14.2 Å². The predicted octanol–water partition coefficient (Wildman–Crippen LogP) is -0.0894. The Morgan fingerprint density at radius 1 is 1.07 bits per heavy atom. The molecule has 2 fully saturated rings. The minimum atomic E-state index is -0.507. The molecular formula is C19H28N6O3. The molecule has 0 bridgehead atoms. The molecule has 4 heterocycles. The molecule has 4 rings (SSSR count). The first-order chi connectivity index (χ1) is 13.5. The molecule has 0 saturated carbocycles. The average Bonchev–Trinajstić information content (AvgIpc) is 3.12. The van der Waals surface area contributed by atoms with Crippen LogP contribution in [0.4, 0.5) is 0 Å². The number of rotatable bonds is 3. The van der Waals surface area contributed by atoms with Gasteiger partial charge in [0.25, 0.3) is 5.56 Å². The van der Waals surface area contributed by atoms with Crippen LogP contribution in [0.2, 0.25) is 0 Å². The summed E-state index contributed by atoms with van der Waals surface area (Å²) in [6.45, 7) is 3.47. The average molecular weight is 388 g/mol. The first-order valence-corrected chi connectivity index (χ1v) is 10.1. The molecule has 0 aliphatic carbocycles. The van der Waals surface area contributed by atoms with E-state index in [1.807, 2.05) is 0 Å². The molecule has 0 unspecified atom stereocenters. The van der Waals surface area contributed by atoms with Crippen LogP contribution in [0.15, 0.2) is 15.9 Å². The minimum absolute atomic E-state index is 0.169. The van der Waals surface area contributed by atoms with E-state index >= 15 is 0 Å². The van der Waals surface area contributed by atoms with Crippen molar-refractivity contribution in [2.24, 2.45) is 14.1 Å². The molecule has 2 saturated heterocycles. The summed E-state index contributed by atoms with van der Waals surface area (Å²) in [5.74, 6) is -0.169. The molecule has 0 radical (unpaired) electrons. The first-order valence-electron chi connectivity index (χ1n) is 10.1. The molecule has 2 aliphatic rings. The van der Waals surface area contributed by atoms with E-state index in [4.69, 9.17) is 0 Å². The Balaban J connectivity index is 1.48. The van der Waals surface area contributed by atoms with Crippen LogP contribution < -0.4 is 11.2 Å². The van der Waals surface area contributed by atoms with Crippen molar-refractivity contribution in [1.29, 1.82) is 0 Å². The second-order valence-corrected chi connectivity index (χ2v) is 7.97. The van der Waals surface area contributed by atoms with Gasteiger partial charge in [0.2, 0.25) is 5.91 Å². The number of hydrogen-bond acceptors (Lipinski definition) is 5. The SMILES string of the molecule is Cn1cnc2c1c(=O)n(CC(=O)N1CCC(N3CCCCC3)CC1)c(=O)n2C. The monoisotopic (exact) mass is 388 g/mol. The number of piperidine rings is 2. The fourth-order valence-electron chi connectivity index (χ4n) is 4.53. The molecule has 28 heavy (non-hydrogen) atoms. The third kappa shape index (κ3) is 3.28. The summed E-state index contributed by atoms with van der Waals surface area (Å²) in [7, 11) is 3.28. The number of imidazole rings is 1. The molecule has 2 aromatic rings. The van der Waals surface area contributed by atoms with Crippen LogP contribution in [0, 0.1) is 0 Å². The zero-order valence-electron chi connectivity index (χ0n) is 16.6. The third-order valence-electron chi connectivity index (χ3n) is 6.22. The van der Waals surface area contributed by atoms with Gasteiger partial charge in [-0.2, -0.15) is 0 Å². The van der Waals surface area contributed by atoms with Crippen LogP contribution in [-0.2, 0) is 25.4 Å². The van der Waals surface area contributed by atoms with E-state index in [9.17, 15) is 14.4 Å². The summed E-state index contributed by atoms with van der Waals surface area (Å²) in [5, 5.41) is 0. The van der Waals surface area contributed by atoms with Crippen LogP contribution in [0.5, 0.6) is 0 Å². The number of aryl methyl sites for hydroxylation is 2. The number of likely N-dealkylation sites (tertiary alicyclic amines) is 2. The highest BCUT2D eigenvalue weighted by molar-refractivity contribution is 5.77. The van der Waals surface area contributed by atoms with Crippen LogP contribution in [0.25, 0.3) is 11.2 Å². The molecule has 0 atom stereocenters. The minimum Gasteiger partial charge on any atom is -0.341 e. The molecule has 2 aromatic heterocycles. The van der Waals surface area contributed by atoms with E-state index in [-0.39, 0.29) is 12.5 Å². The number of amides is 1. The number of carbonyl (C=O) groups excluding carboxylic acids is 1. The first kappa shape index (κ1) is 18.9. The fourth-order valence-corrected chi connectivity index (χ4v) is 4.53. The van der Waals surface area contributed by atoms with E-state index in [1.165, 1.54) is 30.2 Å². The summed E-state index contributed by atoms with van der Waals surface area (Å²) in [5.41, 5.74) is -0.301. The van der Waals surface area contributed by atoms with Crippen molar-refractivity contribution >= 4 is 17.1 Å². The molecule has 0 N–H and O–H groups in total. The maximum atomic E-state index is 12.8. The van der Waals surface area contributed by atoms with Gasteiger partial charge < -0.3 is 14.4 Å². The number of carbonyl (C=O) groups is 1. The largest absolute Gasteiger partial charge is 0.341 e. The smallest absolute Gasteiger partial charge is 0.332 e. The number of fused-ring (bicyclic) bond motifs is 1. The Morgan fingerprint density at radius 3 is 2.43 bits per heavy atom.